The van der Waals surface area contributed by atoms with E-state index in [1.54, 1.807) is 0 Å². The van der Waals surface area contributed by atoms with Crippen molar-refractivity contribution in [2.45, 2.75) is 51.1 Å². The van der Waals surface area contributed by atoms with Gasteiger partial charge < -0.3 is 10.2 Å². The SMILES string of the molecule is CC1CCC(NC2CCN3CCC2C3)C1. The van der Waals surface area contributed by atoms with Crippen molar-refractivity contribution in [1.29, 1.82) is 0 Å². The molecule has 3 rings (SSSR count). The van der Waals surface area contributed by atoms with Crippen LogP contribution in [0.5, 0.6) is 0 Å². The summed E-state index contributed by atoms with van der Waals surface area (Å²) in [5.74, 6) is 1.93. The lowest BCUT2D eigenvalue weighted by Crippen LogP contribution is -2.47. The quantitative estimate of drug-likeness (QED) is 0.745. The molecule has 1 N–H and O–H groups in total. The van der Waals surface area contributed by atoms with Crippen LogP contribution < -0.4 is 5.32 Å². The molecule has 1 aliphatic carbocycles. The number of hydrogen-bond donors (Lipinski definition) is 1. The molecule has 2 bridgehead atoms. The summed E-state index contributed by atoms with van der Waals surface area (Å²) in [5.41, 5.74) is 0. The predicted octanol–water partition coefficient (Wildman–Crippen LogP) is 1.86. The van der Waals surface area contributed by atoms with Crippen LogP contribution in [0.1, 0.15) is 39.0 Å². The van der Waals surface area contributed by atoms with E-state index in [-0.39, 0.29) is 0 Å². The van der Waals surface area contributed by atoms with Crippen molar-refractivity contribution in [2.75, 3.05) is 19.6 Å². The standard InChI is InChI=1S/C13H24N2/c1-10-2-3-12(8-10)14-13-5-7-15-6-4-11(13)9-15/h10-14H,2-9H2,1H3. The molecule has 3 aliphatic rings. The zero-order chi connectivity index (χ0) is 10.3. The molecule has 0 spiro atoms. The van der Waals surface area contributed by atoms with Gasteiger partial charge in [-0.25, -0.2) is 0 Å². The summed E-state index contributed by atoms with van der Waals surface area (Å²) in [4.78, 5) is 2.64. The van der Waals surface area contributed by atoms with Gasteiger partial charge in [0.05, 0.1) is 0 Å². The van der Waals surface area contributed by atoms with E-state index in [1.165, 1.54) is 51.7 Å². The second-order valence-electron chi connectivity index (χ2n) is 6.03. The maximum Gasteiger partial charge on any atom is 0.0123 e. The highest BCUT2D eigenvalue weighted by molar-refractivity contribution is 4.93. The minimum absolute atomic E-state index is 0.845. The van der Waals surface area contributed by atoms with Crippen LogP contribution in [0.25, 0.3) is 0 Å². The minimum Gasteiger partial charge on any atom is -0.311 e. The largest absolute Gasteiger partial charge is 0.311 e. The fourth-order valence-electron chi connectivity index (χ4n) is 3.83. The summed E-state index contributed by atoms with van der Waals surface area (Å²) >= 11 is 0. The van der Waals surface area contributed by atoms with E-state index in [2.05, 4.69) is 17.1 Å². The van der Waals surface area contributed by atoms with Crippen molar-refractivity contribution in [3.63, 3.8) is 0 Å². The molecule has 0 aromatic rings. The van der Waals surface area contributed by atoms with Crippen LogP contribution in [-0.2, 0) is 0 Å². The van der Waals surface area contributed by atoms with Crippen LogP contribution in [0.15, 0.2) is 0 Å². The molecule has 2 saturated heterocycles. The molecule has 0 radical (unpaired) electrons. The van der Waals surface area contributed by atoms with Gasteiger partial charge in [-0.15, -0.1) is 0 Å². The van der Waals surface area contributed by atoms with Gasteiger partial charge in [0.2, 0.25) is 0 Å². The Kier molecular flexibility index (Phi) is 2.73. The highest BCUT2D eigenvalue weighted by Crippen LogP contribution is 2.30. The maximum absolute atomic E-state index is 3.95. The minimum atomic E-state index is 0.845. The number of nitrogens with one attached hydrogen (secondary N) is 1. The third-order valence-corrected chi connectivity index (χ3v) is 4.78. The van der Waals surface area contributed by atoms with Crippen LogP contribution in [0.3, 0.4) is 0 Å². The van der Waals surface area contributed by atoms with Gasteiger partial charge >= 0.3 is 0 Å². The number of nitrogens with zero attached hydrogens (tertiary/aromatic N) is 1. The van der Waals surface area contributed by atoms with Crippen molar-refractivity contribution in [3.8, 4) is 0 Å². The van der Waals surface area contributed by atoms with E-state index in [9.17, 15) is 0 Å². The highest BCUT2D eigenvalue weighted by atomic mass is 15.2. The fraction of sp³-hybridized carbons (Fsp3) is 1.00. The first-order chi connectivity index (χ1) is 7.31. The lowest BCUT2D eigenvalue weighted by Gasteiger charge is -2.33. The zero-order valence-corrected chi connectivity index (χ0v) is 9.91. The van der Waals surface area contributed by atoms with Crippen molar-refractivity contribution in [3.05, 3.63) is 0 Å². The lowest BCUT2D eigenvalue weighted by molar-refractivity contribution is 0.209. The summed E-state index contributed by atoms with van der Waals surface area (Å²) in [6.07, 6.45) is 7.14. The molecule has 2 aliphatic heterocycles. The van der Waals surface area contributed by atoms with E-state index in [0.29, 0.717) is 0 Å². The van der Waals surface area contributed by atoms with Crippen LogP contribution in [0.2, 0.25) is 0 Å². The van der Waals surface area contributed by atoms with E-state index in [0.717, 1.165) is 23.9 Å². The molecule has 2 heterocycles. The Balaban J connectivity index is 1.54. The van der Waals surface area contributed by atoms with Gasteiger partial charge in [0, 0.05) is 18.6 Å². The van der Waals surface area contributed by atoms with Crippen LogP contribution >= 0.6 is 0 Å². The van der Waals surface area contributed by atoms with E-state index in [1.807, 2.05) is 0 Å². The molecular formula is C13H24N2. The van der Waals surface area contributed by atoms with Crippen molar-refractivity contribution in [1.82, 2.24) is 10.2 Å². The fourth-order valence-corrected chi connectivity index (χ4v) is 3.83. The molecule has 0 aromatic carbocycles. The van der Waals surface area contributed by atoms with Gasteiger partial charge in [-0.3, -0.25) is 0 Å². The molecule has 0 aromatic heterocycles. The Morgan fingerprint density at radius 1 is 1.07 bits per heavy atom. The molecule has 5 atom stereocenters. The molecule has 86 valence electrons. The Morgan fingerprint density at radius 2 is 1.93 bits per heavy atom. The Bertz CT molecular complexity index is 229. The first-order valence-corrected chi connectivity index (χ1v) is 6.79. The first-order valence-electron chi connectivity index (χ1n) is 6.79. The highest BCUT2D eigenvalue weighted by Gasteiger charge is 2.35. The Morgan fingerprint density at radius 3 is 2.73 bits per heavy atom. The molecule has 0 amide bonds. The maximum atomic E-state index is 3.95. The number of rotatable bonds is 2. The molecule has 2 heteroatoms. The Hall–Kier alpha value is -0.0800. The molecular weight excluding hydrogens is 184 g/mol. The normalized spacial score (nSPS) is 49.8. The Labute approximate surface area is 93.4 Å². The van der Waals surface area contributed by atoms with Crippen molar-refractivity contribution >= 4 is 0 Å². The molecule has 3 fully saturated rings. The predicted molar refractivity (Wildman–Crippen MR) is 62.9 cm³/mol. The summed E-state index contributed by atoms with van der Waals surface area (Å²) in [6.45, 7) is 6.49. The molecule has 1 saturated carbocycles. The van der Waals surface area contributed by atoms with E-state index in [4.69, 9.17) is 0 Å². The van der Waals surface area contributed by atoms with E-state index < -0.39 is 0 Å². The molecule has 15 heavy (non-hydrogen) atoms. The third kappa shape index (κ3) is 2.07. The third-order valence-electron chi connectivity index (χ3n) is 4.78. The van der Waals surface area contributed by atoms with Crippen LogP contribution in [0, 0.1) is 11.8 Å². The second-order valence-corrected chi connectivity index (χ2v) is 6.03. The van der Waals surface area contributed by atoms with Gasteiger partial charge in [0.15, 0.2) is 0 Å². The number of piperidine rings is 1. The average molecular weight is 208 g/mol. The summed E-state index contributed by atoms with van der Waals surface area (Å²) in [7, 11) is 0. The second kappa shape index (κ2) is 4.06. The van der Waals surface area contributed by atoms with Crippen LogP contribution in [0.4, 0.5) is 0 Å². The van der Waals surface area contributed by atoms with Gasteiger partial charge in [0.25, 0.3) is 0 Å². The van der Waals surface area contributed by atoms with Crippen LogP contribution in [-0.4, -0.2) is 36.6 Å². The molecule has 2 nitrogen and oxygen atoms in total. The van der Waals surface area contributed by atoms with Gasteiger partial charge in [0.1, 0.15) is 0 Å². The average Bonchev–Trinajstić information content (AvgIpc) is 2.79. The summed E-state index contributed by atoms with van der Waals surface area (Å²) in [6, 6.07) is 1.69. The number of hydrogen-bond acceptors (Lipinski definition) is 2. The van der Waals surface area contributed by atoms with Gasteiger partial charge in [-0.05, 0) is 57.0 Å². The summed E-state index contributed by atoms with van der Waals surface area (Å²) in [5, 5.41) is 3.95. The van der Waals surface area contributed by atoms with Gasteiger partial charge in [-0.2, -0.15) is 0 Å². The molecule has 5 unspecified atom stereocenters. The lowest BCUT2D eigenvalue weighted by atomic mass is 9.93. The first kappa shape index (κ1) is 10.1. The van der Waals surface area contributed by atoms with Crippen molar-refractivity contribution < 1.29 is 0 Å². The van der Waals surface area contributed by atoms with Gasteiger partial charge in [-0.1, -0.05) is 6.92 Å². The summed E-state index contributed by atoms with van der Waals surface area (Å²) < 4.78 is 0. The monoisotopic (exact) mass is 208 g/mol. The zero-order valence-electron chi connectivity index (χ0n) is 9.91. The van der Waals surface area contributed by atoms with Crippen molar-refractivity contribution in [2.24, 2.45) is 11.8 Å². The van der Waals surface area contributed by atoms with E-state index >= 15 is 0 Å². The smallest absolute Gasteiger partial charge is 0.0123 e. The number of fused-ring (bicyclic) bond motifs is 2. The topological polar surface area (TPSA) is 15.3 Å².